The summed E-state index contributed by atoms with van der Waals surface area (Å²) in [4.78, 5) is 19.9. The van der Waals surface area contributed by atoms with E-state index < -0.39 is 5.97 Å². The molecular weight excluding hydrogens is 306 g/mol. The van der Waals surface area contributed by atoms with Crippen LogP contribution in [0.25, 0.3) is 22.6 Å². The van der Waals surface area contributed by atoms with E-state index >= 15 is 0 Å². The van der Waals surface area contributed by atoms with Gasteiger partial charge in [-0.3, -0.25) is 9.36 Å². The zero-order valence-electron chi connectivity index (χ0n) is 11.7. The lowest BCUT2D eigenvalue weighted by atomic mass is 10.2. The number of methoxy groups -OCH3 is 1. The number of halogens is 1. The third-order valence-electron chi connectivity index (χ3n) is 3.19. The first-order chi connectivity index (χ1) is 10.6. The molecule has 0 spiro atoms. The van der Waals surface area contributed by atoms with Gasteiger partial charge >= 0.3 is 5.97 Å². The summed E-state index contributed by atoms with van der Waals surface area (Å²) in [5.41, 5.74) is 1.70. The Labute approximate surface area is 130 Å². The Morgan fingerprint density at radius 1 is 1.41 bits per heavy atom. The molecular formula is C15H12ClN3O3. The van der Waals surface area contributed by atoms with Crippen LogP contribution >= 0.6 is 11.6 Å². The van der Waals surface area contributed by atoms with Crippen LogP contribution in [-0.2, 0) is 11.3 Å². The Morgan fingerprint density at radius 2 is 2.18 bits per heavy atom. The molecule has 0 atom stereocenters. The van der Waals surface area contributed by atoms with Crippen LogP contribution in [-0.4, -0.2) is 32.7 Å². The van der Waals surface area contributed by atoms with Crippen LogP contribution in [0.3, 0.4) is 0 Å². The molecule has 0 aliphatic carbocycles. The fraction of sp³-hybridized carbons (Fsp3) is 0.133. The maximum absolute atomic E-state index is 11.2. The van der Waals surface area contributed by atoms with Gasteiger partial charge in [0, 0.05) is 6.20 Å². The number of carboxylic acid groups (broad SMARTS) is 1. The van der Waals surface area contributed by atoms with Crippen molar-refractivity contribution in [3.63, 3.8) is 0 Å². The number of pyridine rings is 1. The number of rotatable bonds is 4. The highest BCUT2D eigenvalue weighted by molar-refractivity contribution is 6.31. The number of benzene rings is 1. The van der Waals surface area contributed by atoms with Crippen LogP contribution < -0.4 is 4.74 Å². The molecule has 2 aromatic heterocycles. The number of hydrogen-bond acceptors (Lipinski definition) is 4. The lowest BCUT2D eigenvalue weighted by Crippen LogP contribution is -2.10. The van der Waals surface area contributed by atoms with E-state index in [4.69, 9.17) is 21.4 Å². The Morgan fingerprint density at radius 3 is 2.91 bits per heavy atom. The number of aliphatic carboxylic acids is 1. The Balaban J connectivity index is 2.29. The van der Waals surface area contributed by atoms with Crippen molar-refractivity contribution in [1.29, 1.82) is 0 Å². The molecule has 0 aliphatic heterocycles. The highest BCUT2D eigenvalue weighted by atomic mass is 35.5. The predicted molar refractivity (Wildman–Crippen MR) is 82.2 cm³/mol. The van der Waals surface area contributed by atoms with Gasteiger partial charge in [0.05, 0.1) is 17.7 Å². The zero-order valence-corrected chi connectivity index (χ0v) is 12.4. The molecule has 3 aromatic rings. The molecule has 1 N–H and O–H groups in total. The number of hydrogen-bond donors (Lipinski definition) is 1. The molecule has 0 saturated heterocycles. The molecule has 0 unspecified atom stereocenters. The molecule has 0 bridgehead atoms. The number of para-hydroxylation sites is 1. The third-order valence-corrected chi connectivity index (χ3v) is 3.40. The number of nitrogens with zero attached hydrogens (tertiary/aromatic N) is 3. The first-order valence-corrected chi connectivity index (χ1v) is 6.85. The quantitative estimate of drug-likeness (QED) is 0.800. The minimum atomic E-state index is -0.979. The monoisotopic (exact) mass is 317 g/mol. The second kappa shape index (κ2) is 5.65. The van der Waals surface area contributed by atoms with Crippen LogP contribution in [0.4, 0.5) is 0 Å². The summed E-state index contributed by atoms with van der Waals surface area (Å²) in [7, 11) is 1.55. The van der Waals surface area contributed by atoms with Gasteiger partial charge in [-0.25, -0.2) is 9.97 Å². The average molecular weight is 318 g/mol. The fourth-order valence-corrected chi connectivity index (χ4v) is 2.46. The maximum atomic E-state index is 11.2. The fourth-order valence-electron chi connectivity index (χ4n) is 2.31. The maximum Gasteiger partial charge on any atom is 0.323 e. The molecule has 2 heterocycles. The Kier molecular flexibility index (Phi) is 3.68. The van der Waals surface area contributed by atoms with Crippen molar-refractivity contribution >= 4 is 28.7 Å². The first-order valence-electron chi connectivity index (χ1n) is 6.47. The van der Waals surface area contributed by atoms with Gasteiger partial charge in [0.15, 0.2) is 5.65 Å². The molecule has 0 radical (unpaired) electrons. The Hall–Kier alpha value is -2.60. The summed E-state index contributed by atoms with van der Waals surface area (Å²) in [6, 6.07) is 8.94. The standard InChI is InChI=1S/C15H12ClN3O3/c1-22-12-5-3-2-4-10(12)14-18-11-6-9(16)7-17-15(11)19(14)8-13(20)21/h2-7H,8H2,1H3,(H,20,21). The van der Waals surface area contributed by atoms with E-state index in [0.29, 0.717) is 33.3 Å². The van der Waals surface area contributed by atoms with E-state index in [0.717, 1.165) is 0 Å². The van der Waals surface area contributed by atoms with Gasteiger partial charge < -0.3 is 9.84 Å². The van der Waals surface area contributed by atoms with Crippen molar-refractivity contribution in [1.82, 2.24) is 14.5 Å². The number of fused-ring (bicyclic) bond motifs is 1. The van der Waals surface area contributed by atoms with Crippen LogP contribution in [0.2, 0.25) is 5.02 Å². The van der Waals surface area contributed by atoms with Gasteiger partial charge in [-0.05, 0) is 18.2 Å². The molecule has 0 fully saturated rings. The number of ether oxygens (including phenoxy) is 1. The molecule has 22 heavy (non-hydrogen) atoms. The van der Waals surface area contributed by atoms with Crippen molar-refractivity contribution in [3.05, 3.63) is 41.6 Å². The number of carboxylic acids is 1. The van der Waals surface area contributed by atoms with Crippen LogP contribution in [0.1, 0.15) is 0 Å². The summed E-state index contributed by atoms with van der Waals surface area (Å²) >= 11 is 5.94. The van der Waals surface area contributed by atoms with Gasteiger partial charge in [0.1, 0.15) is 23.6 Å². The summed E-state index contributed by atoms with van der Waals surface area (Å²) in [6.45, 7) is -0.251. The number of carbonyl (C=O) groups is 1. The van der Waals surface area contributed by atoms with Crippen molar-refractivity contribution in [2.24, 2.45) is 0 Å². The summed E-state index contributed by atoms with van der Waals surface area (Å²) < 4.78 is 6.87. The highest BCUT2D eigenvalue weighted by Crippen LogP contribution is 2.31. The molecule has 112 valence electrons. The van der Waals surface area contributed by atoms with E-state index in [-0.39, 0.29) is 6.54 Å². The van der Waals surface area contributed by atoms with Crippen molar-refractivity contribution in [2.45, 2.75) is 6.54 Å². The normalized spacial score (nSPS) is 10.8. The van der Waals surface area contributed by atoms with E-state index in [1.54, 1.807) is 19.2 Å². The van der Waals surface area contributed by atoms with E-state index in [1.807, 2.05) is 18.2 Å². The zero-order chi connectivity index (χ0) is 15.7. The van der Waals surface area contributed by atoms with E-state index in [9.17, 15) is 4.79 Å². The van der Waals surface area contributed by atoms with Crippen molar-refractivity contribution in [3.8, 4) is 17.1 Å². The average Bonchev–Trinajstić information content (AvgIpc) is 2.84. The van der Waals surface area contributed by atoms with Crippen molar-refractivity contribution < 1.29 is 14.6 Å². The van der Waals surface area contributed by atoms with Crippen LogP contribution in [0, 0.1) is 0 Å². The molecule has 0 aliphatic rings. The summed E-state index contributed by atoms with van der Waals surface area (Å²) in [5.74, 6) is 0.104. The number of imidazole rings is 1. The first kappa shape index (κ1) is 14.3. The molecule has 0 amide bonds. The lowest BCUT2D eigenvalue weighted by Gasteiger charge is -2.09. The van der Waals surface area contributed by atoms with Crippen molar-refractivity contribution in [2.75, 3.05) is 7.11 Å². The van der Waals surface area contributed by atoms with Crippen LogP contribution in [0.5, 0.6) is 5.75 Å². The van der Waals surface area contributed by atoms with E-state index in [1.165, 1.54) is 10.8 Å². The third kappa shape index (κ3) is 2.48. The van der Waals surface area contributed by atoms with Gasteiger partial charge in [-0.15, -0.1) is 0 Å². The van der Waals surface area contributed by atoms with Gasteiger partial charge in [0.2, 0.25) is 0 Å². The minimum Gasteiger partial charge on any atom is -0.496 e. The lowest BCUT2D eigenvalue weighted by molar-refractivity contribution is -0.137. The van der Waals surface area contributed by atoms with Gasteiger partial charge in [-0.2, -0.15) is 0 Å². The predicted octanol–water partition coefficient (Wildman–Crippen LogP) is 2.84. The largest absolute Gasteiger partial charge is 0.496 e. The van der Waals surface area contributed by atoms with Gasteiger partial charge in [-0.1, -0.05) is 23.7 Å². The second-order valence-electron chi connectivity index (χ2n) is 4.61. The molecule has 7 heteroatoms. The smallest absolute Gasteiger partial charge is 0.323 e. The summed E-state index contributed by atoms with van der Waals surface area (Å²) in [5, 5.41) is 9.61. The molecule has 0 saturated carbocycles. The molecule has 1 aromatic carbocycles. The number of aromatic nitrogens is 3. The summed E-state index contributed by atoms with van der Waals surface area (Å²) in [6.07, 6.45) is 1.47. The topological polar surface area (TPSA) is 77.2 Å². The molecule has 3 rings (SSSR count). The Bertz CT molecular complexity index is 860. The minimum absolute atomic E-state index is 0.251. The van der Waals surface area contributed by atoms with Crippen LogP contribution in [0.15, 0.2) is 36.5 Å². The molecule has 6 nitrogen and oxygen atoms in total. The SMILES string of the molecule is COc1ccccc1-c1nc2cc(Cl)cnc2n1CC(=O)O. The van der Waals surface area contributed by atoms with Gasteiger partial charge in [0.25, 0.3) is 0 Å². The highest BCUT2D eigenvalue weighted by Gasteiger charge is 2.18. The second-order valence-corrected chi connectivity index (χ2v) is 5.05. The van der Waals surface area contributed by atoms with E-state index in [2.05, 4.69) is 9.97 Å².